The van der Waals surface area contributed by atoms with Gasteiger partial charge in [-0.15, -0.1) is 0 Å². The molecule has 0 spiro atoms. The fraction of sp³-hybridized carbons (Fsp3) is 0.500. The number of rotatable bonds is 4. The van der Waals surface area contributed by atoms with Gasteiger partial charge in [-0.05, 0) is 30.0 Å². The van der Waals surface area contributed by atoms with Crippen LogP contribution < -0.4 is 9.64 Å². The lowest BCUT2D eigenvalue weighted by molar-refractivity contribution is 0.0902. The molecule has 1 aliphatic rings. The summed E-state index contributed by atoms with van der Waals surface area (Å²) >= 11 is 0. The summed E-state index contributed by atoms with van der Waals surface area (Å²) in [7, 11) is 1.63. The summed E-state index contributed by atoms with van der Waals surface area (Å²) in [5.74, 6) is 2.17. The SMILES string of the molecule is COc1ccccc1C(O)C1CCN(c2noc(C)n2)CC1. The Morgan fingerprint density at radius 2 is 2.05 bits per heavy atom. The lowest BCUT2D eigenvalue weighted by atomic mass is 9.87. The van der Waals surface area contributed by atoms with E-state index in [2.05, 4.69) is 15.0 Å². The first-order valence-electron chi connectivity index (χ1n) is 7.55. The molecule has 3 rings (SSSR count). The minimum Gasteiger partial charge on any atom is -0.496 e. The summed E-state index contributed by atoms with van der Waals surface area (Å²) in [4.78, 5) is 6.35. The number of hydrogen-bond acceptors (Lipinski definition) is 6. The molecule has 0 aliphatic carbocycles. The zero-order chi connectivity index (χ0) is 15.5. The van der Waals surface area contributed by atoms with E-state index in [0.29, 0.717) is 11.8 Å². The Kier molecular flexibility index (Phi) is 4.29. The van der Waals surface area contributed by atoms with Crippen molar-refractivity contribution in [2.75, 3.05) is 25.1 Å². The van der Waals surface area contributed by atoms with E-state index < -0.39 is 6.10 Å². The van der Waals surface area contributed by atoms with Crippen LogP contribution in [0.15, 0.2) is 28.8 Å². The number of benzene rings is 1. The highest BCUT2D eigenvalue weighted by molar-refractivity contribution is 5.36. The van der Waals surface area contributed by atoms with Crippen molar-refractivity contribution in [1.82, 2.24) is 10.1 Å². The van der Waals surface area contributed by atoms with Crippen LogP contribution in [-0.2, 0) is 0 Å². The van der Waals surface area contributed by atoms with Crippen molar-refractivity contribution in [3.8, 4) is 5.75 Å². The lowest BCUT2D eigenvalue weighted by Gasteiger charge is -2.33. The first-order valence-corrected chi connectivity index (χ1v) is 7.55. The molecule has 1 N–H and O–H groups in total. The molecule has 2 heterocycles. The van der Waals surface area contributed by atoms with Gasteiger partial charge in [0.05, 0.1) is 13.2 Å². The number of methoxy groups -OCH3 is 1. The number of aromatic nitrogens is 2. The molecule has 6 heteroatoms. The van der Waals surface area contributed by atoms with E-state index in [1.807, 2.05) is 24.3 Å². The Hall–Kier alpha value is -2.08. The van der Waals surface area contributed by atoms with Crippen molar-refractivity contribution in [3.63, 3.8) is 0 Å². The van der Waals surface area contributed by atoms with E-state index in [-0.39, 0.29) is 5.92 Å². The first kappa shape index (κ1) is 14.8. The molecule has 0 saturated carbocycles. The first-order chi connectivity index (χ1) is 10.7. The molecular weight excluding hydrogens is 282 g/mol. The molecule has 1 unspecified atom stereocenters. The molecule has 6 nitrogen and oxygen atoms in total. The second kappa shape index (κ2) is 6.36. The number of nitrogens with zero attached hydrogens (tertiary/aromatic N) is 3. The van der Waals surface area contributed by atoms with Gasteiger partial charge in [-0.25, -0.2) is 0 Å². The van der Waals surface area contributed by atoms with Crippen LogP contribution in [0.2, 0.25) is 0 Å². The highest BCUT2D eigenvalue weighted by Gasteiger charge is 2.29. The molecule has 1 atom stereocenters. The summed E-state index contributed by atoms with van der Waals surface area (Å²) in [6, 6.07) is 7.66. The van der Waals surface area contributed by atoms with E-state index in [4.69, 9.17) is 9.26 Å². The van der Waals surface area contributed by atoms with Crippen molar-refractivity contribution in [2.24, 2.45) is 5.92 Å². The molecule has 1 fully saturated rings. The van der Waals surface area contributed by atoms with Crippen LogP contribution in [0.5, 0.6) is 5.75 Å². The molecule has 0 bridgehead atoms. The lowest BCUT2D eigenvalue weighted by Crippen LogP contribution is -2.36. The molecule has 1 saturated heterocycles. The molecule has 0 amide bonds. The molecule has 1 aliphatic heterocycles. The average molecular weight is 303 g/mol. The number of aryl methyl sites for hydroxylation is 1. The van der Waals surface area contributed by atoms with Gasteiger partial charge in [0.25, 0.3) is 5.95 Å². The Morgan fingerprint density at radius 1 is 1.32 bits per heavy atom. The van der Waals surface area contributed by atoms with Gasteiger partial charge in [-0.1, -0.05) is 18.2 Å². The van der Waals surface area contributed by atoms with E-state index in [1.54, 1.807) is 14.0 Å². The van der Waals surface area contributed by atoms with Crippen molar-refractivity contribution >= 4 is 5.95 Å². The molecule has 0 radical (unpaired) electrons. The summed E-state index contributed by atoms with van der Waals surface area (Å²) < 4.78 is 10.4. The maximum absolute atomic E-state index is 10.7. The van der Waals surface area contributed by atoms with Gasteiger partial charge in [0, 0.05) is 25.6 Å². The van der Waals surface area contributed by atoms with Crippen LogP contribution in [0.3, 0.4) is 0 Å². The van der Waals surface area contributed by atoms with Crippen LogP contribution in [0.25, 0.3) is 0 Å². The Morgan fingerprint density at radius 3 is 2.68 bits per heavy atom. The third kappa shape index (κ3) is 2.92. The number of anilines is 1. The van der Waals surface area contributed by atoms with E-state index >= 15 is 0 Å². The van der Waals surface area contributed by atoms with E-state index in [1.165, 1.54) is 0 Å². The van der Waals surface area contributed by atoms with Crippen molar-refractivity contribution in [3.05, 3.63) is 35.7 Å². The standard InChI is InChI=1S/C16H21N3O3/c1-11-17-16(18-22-11)19-9-7-12(8-10-19)15(20)13-5-3-4-6-14(13)21-2/h3-6,12,15,20H,7-10H2,1-2H3. The topological polar surface area (TPSA) is 71.6 Å². The third-order valence-electron chi connectivity index (χ3n) is 4.24. The maximum Gasteiger partial charge on any atom is 0.266 e. The second-order valence-corrected chi connectivity index (χ2v) is 5.62. The molecular formula is C16H21N3O3. The number of ether oxygens (including phenoxy) is 1. The second-order valence-electron chi connectivity index (χ2n) is 5.62. The average Bonchev–Trinajstić information content (AvgIpc) is 3.01. The summed E-state index contributed by atoms with van der Waals surface area (Å²) in [5.41, 5.74) is 0.860. The van der Waals surface area contributed by atoms with Gasteiger partial charge in [0.15, 0.2) is 0 Å². The third-order valence-corrected chi connectivity index (χ3v) is 4.24. The Labute approximate surface area is 129 Å². The van der Waals surface area contributed by atoms with Crippen molar-refractivity contribution in [2.45, 2.75) is 25.9 Å². The van der Waals surface area contributed by atoms with Crippen LogP contribution in [0, 0.1) is 12.8 Å². The monoisotopic (exact) mass is 303 g/mol. The number of hydrogen-bond donors (Lipinski definition) is 1. The summed E-state index contributed by atoms with van der Waals surface area (Å²) in [5, 5.41) is 14.6. The number of aliphatic hydroxyl groups is 1. The van der Waals surface area contributed by atoms with Crippen LogP contribution in [0.4, 0.5) is 5.95 Å². The largest absolute Gasteiger partial charge is 0.496 e. The van der Waals surface area contributed by atoms with Gasteiger partial charge >= 0.3 is 0 Å². The van der Waals surface area contributed by atoms with Gasteiger partial charge in [-0.3, -0.25) is 0 Å². The van der Waals surface area contributed by atoms with Crippen LogP contribution >= 0.6 is 0 Å². The predicted octanol–water partition coefficient (Wildman–Crippen LogP) is 2.34. The summed E-state index contributed by atoms with van der Waals surface area (Å²) in [6.45, 7) is 3.42. The van der Waals surface area contributed by atoms with Gasteiger partial charge in [0.1, 0.15) is 5.75 Å². The normalized spacial score (nSPS) is 17.5. The molecule has 2 aromatic rings. The highest BCUT2D eigenvalue weighted by Crippen LogP contribution is 2.35. The zero-order valence-electron chi connectivity index (χ0n) is 12.9. The minimum atomic E-state index is -0.509. The predicted molar refractivity (Wildman–Crippen MR) is 81.9 cm³/mol. The highest BCUT2D eigenvalue weighted by atomic mass is 16.5. The summed E-state index contributed by atoms with van der Waals surface area (Å²) in [6.07, 6.45) is 1.25. The van der Waals surface area contributed by atoms with Gasteiger partial charge < -0.3 is 19.3 Å². The zero-order valence-corrected chi connectivity index (χ0v) is 12.9. The van der Waals surface area contributed by atoms with Gasteiger partial charge in [0.2, 0.25) is 5.89 Å². The number of piperidine rings is 1. The van der Waals surface area contributed by atoms with E-state index in [0.717, 1.165) is 37.2 Å². The Balaban J connectivity index is 1.65. The maximum atomic E-state index is 10.7. The Bertz CT molecular complexity index is 621. The fourth-order valence-corrected chi connectivity index (χ4v) is 3.00. The quantitative estimate of drug-likeness (QED) is 0.934. The smallest absolute Gasteiger partial charge is 0.266 e. The molecule has 1 aromatic heterocycles. The van der Waals surface area contributed by atoms with Crippen LogP contribution in [0.1, 0.15) is 30.4 Å². The van der Waals surface area contributed by atoms with Crippen molar-refractivity contribution < 1.29 is 14.4 Å². The van der Waals surface area contributed by atoms with Crippen molar-refractivity contribution in [1.29, 1.82) is 0 Å². The number of aliphatic hydroxyl groups excluding tert-OH is 1. The fourth-order valence-electron chi connectivity index (χ4n) is 3.00. The molecule has 1 aromatic carbocycles. The minimum absolute atomic E-state index is 0.209. The molecule has 118 valence electrons. The van der Waals surface area contributed by atoms with Crippen LogP contribution in [-0.4, -0.2) is 35.4 Å². The van der Waals surface area contributed by atoms with E-state index in [9.17, 15) is 5.11 Å². The van der Waals surface area contributed by atoms with Gasteiger partial charge in [-0.2, -0.15) is 4.98 Å². The molecule has 22 heavy (non-hydrogen) atoms. The number of para-hydroxylation sites is 1.